The number of carbonyl (C=O) groups excluding carboxylic acids is 1. The van der Waals surface area contributed by atoms with E-state index < -0.39 is 11.7 Å². The Labute approximate surface area is 110 Å². The molecule has 98 valence electrons. The minimum Gasteiger partial charge on any atom is -0.399 e. The summed E-state index contributed by atoms with van der Waals surface area (Å²) in [5, 5.41) is 2.89. The third-order valence-electron chi connectivity index (χ3n) is 2.79. The van der Waals surface area contributed by atoms with Crippen LogP contribution >= 0.6 is 0 Å². The van der Waals surface area contributed by atoms with Crippen molar-refractivity contribution in [2.75, 3.05) is 11.1 Å². The van der Waals surface area contributed by atoms with Crippen LogP contribution in [0.2, 0.25) is 0 Å². The largest absolute Gasteiger partial charge is 0.399 e. The predicted molar refractivity (Wildman–Crippen MR) is 73.8 cm³/mol. The number of nitrogens with two attached hydrogens (primary N) is 2. The third-order valence-corrected chi connectivity index (χ3v) is 2.79. The highest BCUT2D eigenvalue weighted by molar-refractivity contribution is 6.00. The number of benzene rings is 2. The van der Waals surface area contributed by atoms with Crippen molar-refractivity contribution in [1.82, 2.24) is 0 Å². The summed E-state index contributed by atoms with van der Waals surface area (Å²) in [6.07, 6.45) is 0. The monoisotopic (exact) mass is 259 g/mol. The number of rotatable bonds is 3. The minimum atomic E-state index is -0.621. The molecule has 0 saturated heterocycles. The van der Waals surface area contributed by atoms with Crippen molar-refractivity contribution in [2.24, 2.45) is 5.73 Å². The molecule has 0 aliphatic rings. The average Bonchev–Trinajstić information content (AvgIpc) is 2.35. The quantitative estimate of drug-likeness (QED) is 0.741. The van der Waals surface area contributed by atoms with E-state index in [0.29, 0.717) is 17.1 Å². The van der Waals surface area contributed by atoms with Crippen LogP contribution in [0.25, 0.3) is 0 Å². The van der Waals surface area contributed by atoms with Crippen LogP contribution in [0.1, 0.15) is 15.9 Å². The molecule has 5 heteroatoms. The number of halogens is 1. The van der Waals surface area contributed by atoms with Gasteiger partial charge in [0.25, 0.3) is 5.91 Å². The molecule has 5 N–H and O–H groups in total. The lowest BCUT2D eigenvalue weighted by atomic mass is 10.1. The molecule has 0 aromatic heterocycles. The highest BCUT2D eigenvalue weighted by atomic mass is 19.1. The number of anilines is 3. The second-order valence-corrected chi connectivity index (χ2v) is 4.23. The van der Waals surface area contributed by atoms with Crippen molar-refractivity contribution < 1.29 is 9.18 Å². The van der Waals surface area contributed by atoms with Gasteiger partial charge in [-0.2, -0.15) is 0 Å². The van der Waals surface area contributed by atoms with Crippen molar-refractivity contribution in [3.8, 4) is 0 Å². The Morgan fingerprint density at radius 2 is 2.00 bits per heavy atom. The molecule has 0 atom stereocenters. The van der Waals surface area contributed by atoms with Crippen molar-refractivity contribution >= 4 is 23.0 Å². The maximum atomic E-state index is 13.7. The van der Waals surface area contributed by atoms with Gasteiger partial charge in [-0.15, -0.1) is 0 Å². The molecule has 0 radical (unpaired) electrons. The van der Waals surface area contributed by atoms with Gasteiger partial charge in [0.2, 0.25) is 0 Å². The molecular formula is C14H14FN3O. The Bertz CT molecular complexity index is 620. The maximum absolute atomic E-state index is 13.7. The zero-order valence-electron chi connectivity index (χ0n) is 10.4. The fraction of sp³-hybridized carbons (Fsp3) is 0.0714. The van der Waals surface area contributed by atoms with Gasteiger partial charge in [-0.3, -0.25) is 4.79 Å². The van der Waals surface area contributed by atoms with Crippen LogP contribution < -0.4 is 16.8 Å². The molecule has 0 heterocycles. The van der Waals surface area contributed by atoms with Gasteiger partial charge in [-0.25, -0.2) is 4.39 Å². The van der Waals surface area contributed by atoms with Gasteiger partial charge in [-0.1, -0.05) is 12.1 Å². The van der Waals surface area contributed by atoms with E-state index in [2.05, 4.69) is 5.32 Å². The third kappa shape index (κ3) is 2.65. The number of nitrogens with one attached hydrogen (secondary N) is 1. The number of nitrogen functional groups attached to an aromatic ring is 1. The summed E-state index contributed by atoms with van der Waals surface area (Å²) >= 11 is 0. The smallest absolute Gasteiger partial charge is 0.250 e. The molecule has 0 saturated carbocycles. The van der Waals surface area contributed by atoms with Gasteiger partial charge in [0.05, 0.1) is 16.9 Å². The SMILES string of the molecule is Cc1cccc(F)c1Nc1ccc(N)cc1C(N)=O. The van der Waals surface area contributed by atoms with Crippen LogP contribution in [-0.4, -0.2) is 5.91 Å². The lowest BCUT2D eigenvalue weighted by Gasteiger charge is -2.13. The minimum absolute atomic E-state index is 0.225. The van der Waals surface area contributed by atoms with Crippen molar-refractivity contribution in [2.45, 2.75) is 6.92 Å². The molecule has 0 unspecified atom stereocenters. The summed E-state index contributed by atoms with van der Waals surface area (Å²) in [6, 6.07) is 9.41. The number of hydrogen-bond acceptors (Lipinski definition) is 3. The molecular weight excluding hydrogens is 245 g/mol. The van der Waals surface area contributed by atoms with E-state index in [1.807, 2.05) is 0 Å². The molecule has 0 fully saturated rings. The van der Waals surface area contributed by atoms with E-state index in [1.165, 1.54) is 12.1 Å². The van der Waals surface area contributed by atoms with Gasteiger partial charge in [0.15, 0.2) is 0 Å². The zero-order valence-corrected chi connectivity index (χ0v) is 10.4. The summed E-state index contributed by atoms with van der Waals surface area (Å²) in [7, 11) is 0. The van der Waals surface area contributed by atoms with Crippen LogP contribution in [0, 0.1) is 12.7 Å². The summed E-state index contributed by atoms with van der Waals surface area (Å²) in [4.78, 5) is 11.4. The number of hydrogen-bond donors (Lipinski definition) is 3. The average molecular weight is 259 g/mol. The molecule has 0 aliphatic heterocycles. The summed E-state index contributed by atoms with van der Waals surface area (Å²) in [5.74, 6) is -1.02. The fourth-order valence-corrected chi connectivity index (χ4v) is 1.80. The summed E-state index contributed by atoms with van der Waals surface area (Å²) < 4.78 is 13.7. The molecule has 2 aromatic rings. The van der Waals surface area contributed by atoms with Crippen molar-refractivity contribution in [3.05, 3.63) is 53.3 Å². The molecule has 4 nitrogen and oxygen atoms in total. The molecule has 2 rings (SSSR count). The first-order valence-electron chi connectivity index (χ1n) is 5.70. The lowest BCUT2D eigenvalue weighted by Crippen LogP contribution is -2.14. The van der Waals surface area contributed by atoms with E-state index in [1.54, 1.807) is 31.2 Å². The Hall–Kier alpha value is -2.56. The molecule has 0 spiro atoms. The van der Waals surface area contributed by atoms with Crippen molar-refractivity contribution in [1.29, 1.82) is 0 Å². The van der Waals surface area contributed by atoms with Crippen LogP contribution in [0.4, 0.5) is 21.5 Å². The first-order valence-corrected chi connectivity index (χ1v) is 5.70. The Kier molecular flexibility index (Phi) is 3.37. The van der Waals surface area contributed by atoms with E-state index in [-0.39, 0.29) is 5.56 Å². The fourth-order valence-electron chi connectivity index (χ4n) is 1.80. The van der Waals surface area contributed by atoms with Crippen LogP contribution in [0.5, 0.6) is 0 Å². The Morgan fingerprint density at radius 1 is 1.26 bits per heavy atom. The normalized spacial score (nSPS) is 10.2. The second kappa shape index (κ2) is 4.97. The highest BCUT2D eigenvalue weighted by Gasteiger charge is 2.12. The van der Waals surface area contributed by atoms with Gasteiger partial charge >= 0.3 is 0 Å². The van der Waals surface area contributed by atoms with E-state index in [4.69, 9.17) is 11.5 Å². The molecule has 0 aliphatic carbocycles. The zero-order chi connectivity index (χ0) is 14.0. The van der Waals surface area contributed by atoms with E-state index in [9.17, 15) is 9.18 Å². The van der Waals surface area contributed by atoms with Crippen molar-refractivity contribution in [3.63, 3.8) is 0 Å². The van der Waals surface area contributed by atoms with Gasteiger partial charge in [0, 0.05) is 5.69 Å². The second-order valence-electron chi connectivity index (χ2n) is 4.23. The Balaban J connectivity index is 2.47. The number of aryl methyl sites for hydroxylation is 1. The van der Waals surface area contributed by atoms with E-state index in [0.717, 1.165) is 5.56 Å². The van der Waals surface area contributed by atoms with Gasteiger partial charge in [0.1, 0.15) is 5.82 Å². The topological polar surface area (TPSA) is 81.1 Å². The van der Waals surface area contributed by atoms with Gasteiger partial charge < -0.3 is 16.8 Å². The van der Waals surface area contributed by atoms with Gasteiger partial charge in [-0.05, 0) is 36.8 Å². The summed E-state index contributed by atoms with van der Waals surface area (Å²) in [6.45, 7) is 1.77. The first kappa shape index (κ1) is 12.9. The number of amides is 1. The molecule has 2 aromatic carbocycles. The number of para-hydroxylation sites is 1. The molecule has 1 amide bonds. The predicted octanol–water partition coefficient (Wildman–Crippen LogP) is 2.56. The Morgan fingerprint density at radius 3 is 2.63 bits per heavy atom. The molecule has 0 bridgehead atoms. The lowest BCUT2D eigenvalue weighted by molar-refractivity contribution is 0.100. The number of carbonyl (C=O) groups is 1. The maximum Gasteiger partial charge on any atom is 0.250 e. The standard InChI is InChI=1S/C14H14FN3O/c1-8-3-2-4-11(15)13(8)18-12-6-5-9(16)7-10(12)14(17)19/h2-7,18H,16H2,1H3,(H2,17,19). The number of primary amides is 1. The van der Waals surface area contributed by atoms with Crippen LogP contribution in [-0.2, 0) is 0 Å². The molecule has 19 heavy (non-hydrogen) atoms. The first-order chi connectivity index (χ1) is 8.99. The highest BCUT2D eigenvalue weighted by Crippen LogP contribution is 2.27. The van der Waals surface area contributed by atoms with E-state index >= 15 is 0 Å². The van der Waals surface area contributed by atoms with Crippen LogP contribution in [0.3, 0.4) is 0 Å². The van der Waals surface area contributed by atoms with Crippen LogP contribution in [0.15, 0.2) is 36.4 Å². The summed E-state index contributed by atoms with van der Waals surface area (Å²) in [5.41, 5.74) is 13.0.